The quantitative estimate of drug-likeness (QED) is 0.822. The molecule has 2 rings (SSSR count). The van der Waals surface area contributed by atoms with Gasteiger partial charge < -0.3 is 0 Å². The molecule has 3 nitrogen and oxygen atoms in total. The van der Waals surface area contributed by atoms with Crippen molar-refractivity contribution >= 4 is 10.9 Å². The standard InChI is InChI=1S/C11H11F3N2O/c1-6(2)16-9-5-7(11(12,13)14)3-4-8(9)10(17)15-16/h3-6H,1-2H3,(H,15,17). The van der Waals surface area contributed by atoms with Gasteiger partial charge in [-0.25, -0.2) is 0 Å². The van der Waals surface area contributed by atoms with Crippen LogP contribution >= 0.6 is 0 Å². The monoisotopic (exact) mass is 244 g/mol. The molecule has 0 amide bonds. The Balaban J connectivity index is 2.75. The fraction of sp³-hybridized carbons (Fsp3) is 0.364. The lowest BCUT2D eigenvalue weighted by Gasteiger charge is -2.10. The van der Waals surface area contributed by atoms with Crippen LogP contribution in [0.25, 0.3) is 10.9 Å². The topological polar surface area (TPSA) is 37.8 Å². The van der Waals surface area contributed by atoms with E-state index in [1.165, 1.54) is 10.7 Å². The van der Waals surface area contributed by atoms with Crippen LogP contribution in [-0.4, -0.2) is 9.78 Å². The van der Waals surface area contributed by atoms with E-state index in [0.29, 0.717) is 0 Å². The summed E-state index contributed by atoms with van der Waals surface area (Å²) in [6, 6.07) is 3.01. The Kier molecular flexibility index (Phi) is 2.52. The summed E-state index contributed by atoms with van der Waals surface area (Å²) in [6.07, 6.45) is -4.40. The van der Waals surface area contributed by atoms with E-state index in [0.717, 1.165) is 12.1 Å². The highest BCUT2D eigenvalue weighted by atomic mass is 19.4. The molecule has 17 heavy (non-hydrogen) atoms. The Morgan fingerprint density at radius 2 is 1.94 bits per heavy atom. The SMILES string of the molecule is CC(C)n1[nH]c(=O)c2ccc(C(F)(F)F)cc21. The molecule has 0 spiro atoms. The second-order valence-corrected chi connectivity index (χ2v) is 4.13. The van der Waals surface area contributed by atoms with E-state index in [1.54, 1.807) is 13.8 Å². The highest BCUT2D eigenvalue weighted by molar-refractivity contribution is 5.79. The number of rotatable bonds is 1. The lowest BCUT2D eigenvalue weighted by molar-refractivity contribution is -0.137. The van der Waals surface area contributed by atoms with Gasteiger partial charge in [0.1, 0.15) is 0 Å². The number of aromatic nitrogens is 2. The molecule has 0 aliphatic carbocycles. The maximum absolute atomic E-state index is 12.6. The van der Waals surface area contributed by atoms with Crippen molar-refractivity contribution in [3.8, 4) is 0 Å². The maximum atomic E-state index is 12.6. The zero-order chi connectivity index (χ0) is 12.8. The number of hydrogen-bond acceptors (Lipinski definition) is 1. The highest BCUT2D eigenvalue weighted by Gasteiger charge is 2.31. The predicted molar refractivity (Wildman–Crippen MR) is 57.9 cm³/mol. The van der Waals surface area contributed by atoms with E-state index < -0.39 is 11.7 Å². The van der Waals surface area contributed by atoms with Crippen LogP contribution in [0, 0.1) is 0 Å². The summed E-state index contributed by atoms with van der Waals surface area (Å²) in [7, 11) is 0. The summed E-state index contributed by atoms with van der Waals surface area (Å²) in [6.45, 7) is 3.57. The minimum Gasteiger partial charge on any atom is -0.282 e. The van der Waals surface area contributed by atoms with Crippen LogP contribution in [0.2, 0.25) is 0 Å². The summed E-state index contributed by atoms with van der Waals surface area (Å²) in [4.78, 5) is 11.5. The molecule has 0 aliphatic heterocycles. The van der Waals surface area contributed by atoms with Gasteiger partial charge in [0.25, 0.3) is 5.56 Å². The fourth-order valence-electron chi connectivity index (χ4n) is 1.74. The first-order valence-electron chi connectivity index (χ1n) is 5.12. The second-order valence-electron chi connectivity index (χ2n) is 4.13. The molecular formula is C11H11F3N2O. The molecule has 1 N–H and O–H groups in total. The van der Waals surface area contributed by atoms with Gasteiger partial charge in [-0.15, -0.1) is 0 Å². The second kappa shape index (κ2) is 3.65. The van der Waals surface area contributed by atoms with Crippen molar-refractivity contribution in [3.63, 3.8) is 0 Å². The van der Waals surface area contributed by atoms with Crippen LogP contribution in [0.15, 0.2) is 23.0 Å². The molecule has 1 aromatic carbocycles. The largest absolute Gasteiger partial charge is 0.416 e. The van der Waals surface area contributed by atoms with E-state index in [-0.39, 0.29) is 22.5 Å². The third kappa shape index (κ3) is 1.94. The number of fused-ring (bicyclic) bond motifs is 1. The third-order valence-corrected chi connectivity index (χ3v) is 2.57. The van der Waals surface area contributed by atoms with E-state index >= 15 is 0 Å². The molecule has 0 saturated carbocycles. The average molecular weight is 244 g/mol. The number of hydrogen-bond donors (Lipinski definition) is 1. The number of nitrogens with one attached hydrogen (secondary N) is 1. The maximum Gasteiger partial charge on any atom is 0.416 e. The van der Waals surface area contributed by atoms with Crippen LogP contribution < -0.4 is 5.56 Å². The molecule has 2 aromatic rings. The van der Waals surface area contributed by atoms with Crippen molar-refractivity contribution in [3.05, 3.63) is 34.1 Å². The molecule has 0 radical (unpaired) electrons. The molecule has 1 heterocycles. The lowest BCUT2D eigenvalue weighted by Crippen LogP contribution is -2.08. The molecule has 1 aromatic heterocycles. The molecule has 0 atom stereocenters. The number of halogens is 3. The Morgan fingerprint density at radius 3 is 2.47 bits per heavy atom. The molecule has 0 aliphatic rings. The van der Waals surface area contributed by atoms with Crippen molar-refractivity contribution < 1.29 is 13.2 Å². The third-order valence-electron chi connectivity index (χ3n) is 2.57. The number of nitrogens with zero attached hydrogens (tertiary/aromatic N) is 1. The van der Waals surface area contributed by atoms with Crippen molar-refractivity contribution in [1.29, 1.82) is 0 Å². The molecule has 0 fully saturated rings. The summed E-state index contributed by atoms with van der Waals surface area (Å²) in [5, 5.41) is 2.79. The van der Waals surface area contributed by atoms with Crippen molar-refractivity contribution in [2.75, 3.05) is 0 Å². The summed E-state index contributed by atoms with van der Waals surface area (Å²) in [5.74, 6) is 0. The number of H-pyrrole nitrogens is 1. The van der Waals surface area contributed by atoms with Crippen molar-refractivity contribution in [1.82, 2.24) is 9.78 Å². The average Bonchev–Trinajstić information content (AvgIpc) is 2.54. The highest BCUT2D eigenvalue weighted by Crippen LogP contribution is 2.31. The Hall–Kier alpha value is -1.72. The van der Waals surface area contributed by atoms with Gasteiger partial charge >= 0.3 is 6.18 Å². The lowest BCUT2D eigenvalue weighted by atomic mass is 10.1. The van der Waals surface area contributed by atoms with Gasteiger partial charge in [-0.2, -0.15) is 13.2 Å². The van der Waals surface area contributed by atoms with Gasteiger partial charge in [0, 0.05) is 6.04 Å². The van der Waals surface area contributed by atoms with Crippen LogP contribution in [0.4, 0.5) is 13.2 Å². The molecule has 6 heteroatoms. The molecule has 0 unspecified atom stereocenters. The van der Waals surface area contributed by atoms with Gasteiger partial charge in [-0.1, -0.05) is 0 Å². The van der Waals surface area contributed by atoms with Gasteiger partial charge in [0.2, 0.25) is 0 Å². The normalized spacial score (nSPS) is 12.6. The fourth-order valence-corrected chi connectivity index (χ4v) is 1.74. The first-order valence-corrected chi connectivity index (χ1v) is 5.12. The minimum absolute atomic E-state index is 0.108. The smallest absolute Gasteiger partial charge is 0.282 e. The Labute approximate surface area is 94.8 Å². The van der Waals surface area contributed by atoms with Gasteiger partial charge in [0.15, 0.2) is 0 Å². The van der Waals surface area contributed by atoms with Gasteiger partial charge in [0.05, 0.1) is 16.5 Å². The van der Waals surface area contributed by atoms with Crippen molar-refractivity contribution in [2.24, 2.45) is 0 Å². The first-order chi connectivity index (χ1) is 7.80. The zero-order valence-corrected chi connectivity index (χ0v) is 9.30. The van der Waals surface area contributed by atoms with E-state index in [2.05, 4.69) is 5.10 Å². The minimum atomic E-state index is -4.40. The number of alkyl halides is 3. The molecule has 92 valence electrons. The van der Waals surface area contributed by atoms with Crippen LogP contribution in [-0.2, 0) is 6.18 Å². The number of aromatic amines is 1. The molecular weight excluding hydrogens is 233 g/mol. The predicted octanol–water partition coefficient (Wildman–Crippen LogP) is 2.93. The van der Waals surface area contributed by atoms with Crippen molar-refractivity contribution in [2.45, 2.75) is 26.1 Å². The summed E-state index contributed by atoms with van der Waals surface area (Å²) < 4.78 is 39.1. The van der Waals surface area contributed by atoms with E-state index in [4.69, 9.17) is 0 Å². The first kappa shape index (κ1) is 11.8. The van der Waals surface area contributed by atoms with Gasteiger partial charge in [-0.3, -0.25) is 14.6 Å². The number of benzene rings is 1. The van der Waals surface area contributed by atoms with Gasteiger partial charge in [-0.05, 0) is 32.0 Å². The van der Waals surface area contributed by atoms with E-state index in [1.807, 2.05) is 0 Å². The van der Waals surface area contributed by atoms with Crippen LogP contribution in [0.5, 0.6) is 0 Å². The van der Waals surface area contributed by atoms with E-state index in [9.17, 15) is 18.0 Å². The molecule has 0 bridgehead atoms. The summed E-state index contributed by atoms with van der Waals surface area (Å²) in [5.41, 5.74) is -0.847. The zero-order valence-electron chi connectivity index (χ0n) is 9.30. The summed E-state index contributed by atoms with van der Waals surface area (Å²) >= 11 is 0. The van der Waals surface area contributed by atoms with Crippen LogP contribution in [0.3, 0.4) is 0 Å². The Bertz CT molecular complexity index is 607. The Morgan fingerprint density at radius 1 is 1.29 bits per heavy atom. The molecule has 0 saturated heterocycles. The van der Waals surface area contributed by atoms with Crippen LogP contribution in [0.1, 0.15) is 25.5 Å².